The van der Waals surface area contributed by atoms with E-state index in [0.717, 1.165) is 31.3 Å². The lowest BCUT2D eigenvalue weighted by Gasteiger charge is -2.34. The Bertz CT molecular complexity index is 849. The Hall–Kier alpha value is -1.62. The molecule has 1 heterocycles. The second-order valence-electron chi connectivity index (χ2n) is 5.73. The van der Waals surface area contributed by atoms with E-state index in [1.54, 1.807) is 0 Å². The molecule has 0 spiro atoms. The fourth-order valence-electron chi connectivity index (χ4n) is 2.95. The van der Waals surface area contributed by atoms with Gasteiger partial charge in [-0.15, -0.1) is 0 Å². The fourth-order valence-corrected chi connectivity index (χ4v) is 3.60. The third-order valence-corrected chi connectivity index (χ3v) is 5.15. The molecule has 4 rings (SSSR count). The molecule has 24 heavy (non-hydrogen) atoms. The molecule has 1 N–H and O–H groups in total. The lowest BCUT2D eigenvalue weighted by Crippen LogP contribution is -2.25. The Labute approximate surface area is 158 Å². The summed E-state index contributed by atoms with van der Waals surface area (Å²) in [5.41, 5.74) is 4.50. The summed E-state index contributed by atoms with van der Waals surface area (Å²) >= 11 is 7.06. The number of halogens is 2. The van der Waals surface area contributed by atoms with Crippen LogP contribution in [0.3, 0.4) is 0 Å². The highest BCUT2D eigenvalue weighted by atomic mass is 79.9. The maximum absolute atomic E-state index is 6.43. The van der Waals surface area contributed by atoms with Crippen LogP contribution in [-0.2, 0) is 4.74 Å². The number of hydrogen-bond acceptors (Lipinski definition) is 2. The number of fused-ring (bicyclic) bond motifs is 1. The van der Waals surface area contributed by atoms with Crippen molar-refractivity contribution in [2.75, 3.05) is 5.32 Å². The number of rotatable bonds is 2. The summed E-state index contributed by atoms with van der Waals surface area (Å²) in [6.07, 6.45) is -0.287. The second-order valence-corrected chi connectivity index (χ2v) is 7.57. The number of benzene rings is 3. The molecule has 2 nitrogen and oxygen atoms in total. The van der Waals surface area contributed by atoms with E-state index in [0.29, 0.717) is 0 Å². The molecule has 4 heteroatoms. The van der Waals surface area contributed by atoms with Crippen molar-refractivity contribution in [1.82, 2.24) is 0 Å². The van der Waals surface area contributed by atoms with Gasteiger partial charge in [0, 0.05) is 25.8 Å². The average molecular weight is 445 g/mol. The largest absolute Gasteiger partial charge is 0.356 e. The van der Waals surface area contributed by atoms with Crippen LogP contribution in [0.25, 0.3) is 0 Å². The van der Waals surface area contributed by atoms with E-state index >= 15 is 0 Å². The first-order valence-corrected chi connectivity index (χ1v) is 9.31. The summed E-state index contributed by atoms with van der Waals surface area (Å²) < 4.78 is 8.54. The summed E-state index contributed by atoms with van der Waals surface area (Å²) in [6, 6.07) is 24.8. The Morgan fingerprint density at radius 2 is 1.46 bits per heavy atom. The van der Waals surface area contributed by atoms with Crippen molar-refractivity contribution in [2.24, 2.45) is 0 Å². The van der Waals surface area contributed by atoms with Crippen molar-refractivity contribution in [1.29, 1.82) is 0 Å². The van der Waals surface area contributed by atoms with E-state index in [9.17, 15) is 0 Å². The molecule has 0 radical (unpaired) electrons. The Kier molecular flexibility index (Phi) is 4.44. The van der Waals surface area contributed by atoms with E-state index in [1.807, 2.05) is 30.3 Å². The van der Waals surface area contributed by atoms with Crippen LogP contribution < -0.4 is 5.32 Å². The maximum atomic E-state index is 6.43. The molecular weight excluding hydrogens is 430 g/mol. The Morgan fingerprint density at radius 1 is 0.750 bits per heavy atom. The van der Waals surface area contributed by atoms with Crippen LogP contribution in [0.5, 0.6) is 0 Å². The van der Waals surface area contributed by atoms with Crippen molar-refractivity contribution >= 4 is 37.5 Å². The molecule has 1 aliphatic heterocycles. The lowest BCUT2D eigenvalue weighted by atomic mass is 9.97. The van der Waals surface area contributed by atoms with Gasteiger partial charge in [-0.1, -0.05) is 74.3 Å². The van der Waals surface area contributed by atoms with Crippen LogP contribution in [0.2, 0.25) is 0 Å². The van der Waals surface area contributed by atoms with Gasteiger partial charge in [-0.25, -0.2) is 0 Å². The molecule has 120 valence electrons. The molecule has 0 aromatic heterocycles. The van der Waals surface area contributed by atoms with Crippen LogP contribution in [-0.4, -0.2) is 0 Å². The van der Waals surface area contributed by atoms with Gasteiger partial charge < -0.3 is 10.1 Å². The SMILES string of the molecule is Brc1ccc([C@H]2Nc3ccc(Br)cc3[C@H](c3ccccc3)O2)cc1. The first-order valence-electron chi connectivity index (χ1n) is 7.72. The summed E-state index contributed by atoms with van der Waals surface area (Å²) in [4.78, 5) is 0. The van der Waals surface area contributed by atoms with E-state index in [1.165, 1.54) is 0 Å². The van der Waals surface area contributed by atoms with Gasteiger partial charge in [-0.3, -0.25) is 0 Å². The van der Waals surface area contributed by atoms with Crippen molar-refractivity contribution in [3.8, 4) is 0 Å². The highest BCUT2D eigenvalue weighted by molar-refractivity contribution is 9.10. The fraction of sp³-hybridized carbons (Fsp3) is 0.100. The van der Waals surface area contributed by atoms with Crippen molar-refractivity contribution in [2.45, 2.75) is 12.3 Å². The predicted molar refractivity (Wildman–Crippen MR) is 104 cm³/mol. The van der Waals surface area contributed by atoms with Crippen LogP contribution >= 0.6 is 31.9 Å². The van der Waals surface area contributed by atoms with Crippen LogP contribution in [0.1, 0.15) is 29.0 Å². The smallest absolute Gasteiger partial charge is 0.155 e. The van der Waals surface area contributed by atoms with Gasteiger partial charge in [0.05, 0.1) is 0 Å². The summed E-state index contributed by atoms with van der Waals surface area (Å²) in [7, 11) is 0. The Morgan fingerprint density at radius 3 is 2.21 bits per heavy atom. The molecule has 0 bridgehead atoms. The standard InChI is InChI=1S/C20H15Br2NO/c21-15-8-6-14(7-9-15)20-23-18-11-10-16(22)12-17(18)19(24-20)13-4-2-1-3-5-13/h1-12,19-20,23H/t19-,20-/m0/s1. The minimum Gasteiger partial charge on any atom is -0.356 e. The molecule has 0 aliphatic carbocycles. The molecule has 3 aromatic rings. The van der Waals surface area contributed by atoms with E-state index in [2.05, 4.69) is 79.6 Å². The van der Waals surface area contributed by atoms with Gasteiger partial charge in [0.2, 0.25) is 0 Å². The van der Waals surface area contributed by atoms with Gasteiger partial charge in [-0.2, -0.15) is 0 Å². The molecule has 0 unspecified atom stereocenters. The topological polar surface area (TPSA) is 21.3 Å². The summed E-state index contributed by atoms with van der Waals surface area (Å²) in [5, 5.41) is 3.50. The maximum Gasteiger partial charge on any atom is 0.155 e. The van der Waals surface area contributed by atoms with Crippen molar-refractivity contribution in [3.05, 3.63) is 98.4 Å². The third kappa shape index (κ3) is 3.14. The molecule has 0 saturated carbocycles. The van der Waals surface area contributed by atoms with Gasteiger partial charge >= 0.3 is 0 Å². The van der Waals surface area contributed by atoms with Gasteiger partial charge in [0.25, 0.3) is 0 Å². The monoisotopic (exact) mass is 443 g/mol. The molecule has 0 saturated heterocycles. The highest BCUT2D eigenvalue weighted by Crippen LogP contribution is 2.42. The van der Waals surface area contributed by atoms with Gasteiger partial charge in [0.1, 0.15) is 6.10 Å². The minimum absolute atomic E-state index is 0.103. The number of hydrogen-bond donors (Lipinski definition) is 1. The minimum atomic E-state index is -0.183. The average Bonchev–Trinajstić information content (AvgIpc) is 2.62. The Balaban J connectivity index is 1.77. The van der Waals surface area contributed by atoms with Crippen LogP contribution in [0.15, 0.2) is 81.7 Å². The zero-order valence-electron chi connectivity index (χ0n) is 12.7. The van der Waals surface area contributed by atoms with Gasteiger partial charge in [0.15, 0.2) is 6.23 Å². The molecule has 0 fully saturated rings. The zero-order chi connectivity index (χ0) is 16.5. The molecule has 0 amide bonds. The number of nitrogens with one attached hydrogen (secondary N) is 1. The summed E-state index contributed by atoms with van der Waals surface area (Å²) in [6.45, 7) is 0. The molecule has 1 aliphatic rings. The second kappa shape index (κ2) is 6.71. The molecule has 3 aromatic carbocycles. The lowest BCUT2D eigenvalue weighted by molar-refractivity contribution is 0.0157. The van der Waals surface area contributed by atoms with Crippen LogP contribution in [0.4, 0.5) is 5.69 Å². The van der Waals surface area contributed by atoms with E-state index in [4.69, 9.17) is 4.74 Å². The third-order valence-electron chi connectivity index (χ3n) is 4.13. The number of anilines is 1. The predicted octanol–water partition coefficient (Wildman–Crippen LogP) is 6.44. The van der Waals surface area contributed by atoms with E-state index < -0.39 is 0 Å². The zero-order valence-corrected chi connectivity index (χ0v) is 15.9. The first-order chi connectivity index (χ1) is 11.7. The normalized spacial score (nSPS) is 19.4. The quantitative estimate of drug-likeness (QED) is 0.490. The summed E-state index contributed by atoms with van der Waals surface area (Å²) in [5.74, 6) is 0. The first kappa shape index (κ1) is 15.9. The van der Waals surface area contributed by atoms with Crippen LogP contribution in [0, 0.1) is 0 Å². The van der Waals surface area contributed by atoms with Crippen molar-refractivity contribution < 1.29 is 4.74 Å². The molecule has 2 atom stereocenters. The number of ether oxygens (including phenoxy) is 1. The van der Waals surface area contributed by atoms with Gasteiger partial charge in [-0.05, 0) is 35.9 Å². The highest BCUT2D eigenvalue weighted by Gasteiger charge is 2.29. The van der Waals surface area contributed by atoms with E-state index in [-0.39, 0.29) is 12.3 Å². The van der Waals surface area contributed by atoms with Crippen molar-refractivity contribution in [3.63, 3.8) is 0 Å². The molecular formula is C20H15Br2NO.